The number of amides is 1. The standard InChI is InChI=1S/C16H13N3O/c20-16(13-7-3-1-4-8-13)17-15-11-12-19(18-15)14-9-5-2-6-10-14/h1-12H,(H,17,18,20). The van der Waals surface area contributed by atoms with Gasteiger partial charge in [-0.15, -0.1) is 0 Å². The van der Waals surface area contributed by atoms with Gasteiger partial charge in [-0.3, -0.25) is 4.79 Å². The summed E-state index contributed by atoms with van der Waals surface area (Å²) in [5.41, 5.74) is 1.56. The number of hydrogen-bond donors (Lipinski definition) is 1. The van der Waals surface area contributed by atoms with Gasteiger partial charge in [0.1, 0.15) is 0 Å². The zero-order valence-electron chi connectivity index (χ0n) is 10.7. The summed E-state index contributed by atoms with van der Waals surface area (Å²) < 4.78 is 1.72. The summed E-state index contributed by atoms with van der Waals surface area (Å²) in [7, 11) is 0. The minimum atomic E-state index is -0.163. The maximum absolute atomic E-state index is 12.0. The Morgan fingerprint density at radius 3 is 2.25 bits per heavy atom. The van der Waals surface area contributed by atoms with E-state index in [1.807, 2.05) is 54.7 Å². The maximum atomic E-state index is 12.0. The molecule has 1 heterocycles. The lowest BCUT2D eigenvalue weighted by molar-refractivity contribution is 0.102. The monoisotopic (exact) mass is 263 g/mol. The van der Waals surface area contributed by atoms with Gasteiger partial charge in [-0.05, 0) is 24.3 Å². The Bertz CT molecular complexity index is 705. The molecular formula is C16H13N3O. The average molecular weight is 263 g/mol. The molecule has 1 amide bonds. The van der Waals surface area contributed by atoms with Crippen LogP contribution in [0.4, 0.5) is 5.82 Å². The van der Waals surface area contributed by atoms with E-state index in [0.29, 0.717) is 11.4 Å². The van der Waals surface area contributed by atoms with Crippen LogP contribution in [-0.2, 0) is 0 Å². The van der Waals surface area contributed by atoms with E-state index in [1.54, 1.807) is 22.9 Å². The van der Waals surface area contributed by atoms with Crippen molar-refractivity contribution >= 4 is 11.7 Å². The lowest BCUT2D eigenvalue weighted by Gasteiger charge is -2.02. The fourth-order valence-corrected chi connectivity index (χ4v) is 1.89. The first-order valence-electron chi connectivity index (χ1n) is 6.30. The largest absolute Gasteiger partial charge is 0.305 e. The van der Waals surface area contributed by atoms with Gasteiger partial charge in [-0.25, -0.2) is 4.68 Å². The van der Waals surface area contributed by atoms with Crippen LogP contribution in [0.15, 0.2) is 72.9 Å². The van der Waals surface area contributed by atoms with Crippen molar-refractivity contribution < 1.29 is 4.79 Å². The predicted octanol–water partition coefficient (Wildman–Crippen LogP) is 3.12. The topological polar surface area (TPSA) is 46.9 Å². The number of benzene rings is 2. The van der Waals surface area contributed by atoms with Gasteiger partial charge < -0.3 is 5.32 Å². The van der Waals surface area contributed by atoms with Crippen molar-refractivity contribution in [1.82, 2.24) is 9.78 Å². The second-order valence-electron chi connectivity index (χ2n) is 4.30. The van der Waals surface area contributed by atoms with E-state index < -0.39 is 0 Å². The summed E-state index contributed by atoms with van der Waals surface area (Å²) >= 11 is 0. The molecule has 0 radical (unpaired) electrons. The summed E-state index contributed by atoms with van der Waals surface area (Å²) in [6.07, 6.45) is 1.82. The second kappa shape index (κ2) is 5.40. The number of anilines is 1. The Hall–Kier alpha value is -2.88. The highest BCUT2D eigenvalue weighted by atomic mass is 16.1. The van der Waals surface area contributed by atoms with Gasteiger partial charge in [-0.1, -0.05) is 36.4 Å². The number of rotatable bonds is 3. The highest BCUT2D eigenvalue weighted by Crippen LogP contribution is 2.11. The molecule has 1 aromatic heterocycles. The molecule has 0 saturated carbocycles. The van der Waals surface area contributed by atoms with E-state index in [1.165, 1.54) is 0 Å². The fourth-order valence-electron chi connectivity index (χ4n) is 1.89. The smallest absolute Gasteiger partial charge is 0.256 e. The molecule has 0 unspecified atom stereocenters. The molecule has 3 aromatic rings. The average Bonchev–Trinajstić information content (AvgIpc) is 2.97. The first kappa shape index (κ1) is 12.2. The van der Waals surface area contributed by atoms with Crippen LogP contribution in [0.5, 0.6) is 0 Å². The summed E-state index contributed by atoms with van der Waals surface area (Å²) in [6.45, 7) is 0. The third-order valence-corrected chi connectivity index (χ3v) is 2.89. The minimum absolute atomic E-state index is 0.163. The molecule has 4 heteroatoms. The number of para-hydroxylation sites is 1. The Morgan fingerprint density at radius 1 is 0.900 bits per heavy atom. The lowest BCUT2D eigenvalue weighted by Crippen LogP contribution is -2.12. The highest BCUT2D eigenvalue weighted by molar-refractivity contribution is 6.03. The van der Waals surface area contributed by atoms with Gasteiger partial charge in [0.2, 0.25) is 0 Å². The van der Waals surface area contributed by atoms with Gasteiger partial charge in [-0.2, -0.15) is 5.10 Å². The Kier molecular flexibility index (Phi) is 3.29. The quantitative estimate of drug-likeness (QED) is 0.789. The van der Waals surface area contributed by atoms with Crippen LogP contribution in [0.1, 0.15) is 10.4 Å². The summed E-state index contributed by atoms with van der Waals surface area (Å²) in [4.78, 5) is 12.0. The summed E-state index contributed by atoms with van der Waals surface area (Å²) in [5, 5.41) is 7.11. The Balaban J connectivity index is 1.77. The third-order valence-electron chi connectivity index (χ3n) is 2.89. The number of nitrogens with one attached hydrogen (secondary N) is 1. The van der Waals surface area contributed by atoms with Crippen LogP contribution in [0.2, 0.25) is 0 Å². The van der Waals surface area contributed by atoms with Crippen molar-refractivity contribution in [3.05, 3.63) is 78.5 Å². The fraction of sp³-hybridized carbons (Fsp3) is 0. The van der Waals surface area contributed by atoms with E-state index in [9.17, 15) is 4.79 Å². The van der Waals surface area contributed by atoms with Crippen LogP contribution in [0.25, 0.3) is 5.69 Å². The van der Waals surface area contributed by atoms with Crippen LogP contribution in [0, 0.1) is 0 Å². The molecule has 98 valence electrons. The maximum Gasteiger partial charge on any atom is 0.256 e. The first-order valence-corrected chi connectivity index (χ1v) is 6.30. The van der Waals surface area contributed by atoms with Crippen molar-refractivity contribution in [3.63, 3.8) is 0 Å². The molecule has 0 saturated heterocycles. The van der Waals surface area contributed by atoms with E-state index in [-0.39, 0.29) is 5.91 Å². The van der Waals surface area contributed by atoms with Crippen molar-refractivity contribution in [1.29, 1.82) is 0 Å². The van der Waals surface area contributed by atoms with Gasteiger partial charge in [0.05, 0.1) is 5.69 Å². The van der Waals surface area contributed by atoms with Gasteiger partial charge >= 0.3 is 0 Å². The first-order chi connectivity index (χ1) is 9.83. The predicted molar refractivity (Wildman–Crippen MR) is 78.0 cm³/mol. The molecule has 4 nitrogen and oxygen atoms in total. The zero-order chi connectivity index (χ0) is 13.8. The zero-order valence-corrected chi connectivity index (χ0v) is 10.7. The van der Waals surface area contributed by atoms with E-state index in [2.05, 4.69) is 10.4 Å². The molecule has 0 spiro atoms. The van der Waals surface area contributed by atoms with Gasteiger partial charge in [0.25, 0.3) is 5.91 Å². The van der Waals surface area contributed by atoms with Crippen molar-refractivity contribution in [2.45, 2.75) is 0 Å². The van der Waals surface area contributed by atoms with Crippen LogP contribution < -0.4 is 5.32 Å². The lowest BCUT2D eigenvalue weighted by atomic mass is 10.2. The van der Waals surface area contributed by atoms with Gasteiger partial charge in [0, 0.05) is 17.8 Å². The van der Waals surface area contributed by atoms with E-state index in [0.717, 1.165) is 5.69 Å². The summed E-state index contributed by atoms with van der Waals surface area (Å²) in [5.74, 6) is 0.367. The second-order valence-corrected chi connectivity index (χ2v) is 4.30. The Labute approximate surface area is 116 Å². The number of aromatic nitrogens is 2. The van der Waals surface area contributed by atoms with E-state index in [4.69, 9.17) is 0 Å². The minimum Gasteiger partial charge on any atom is -0.305 e. The number of hydrogen-bond acceptors (Lipinski definition) is 2. The molecule has 3 rings (SSSR count). The van der Waals surface area contributed by atoms with E-state index >= 15 is 0 Å². The van der Waals surface area contributed by atoms with Crippen LogP contribution >= 0.6 is 0 Å². The molecule has 0 fully saturated rings. The molecule has 0 aliphatic carbocycles. The SMILES string of the molecule is O=C(Nc1ccn(-c2ccccc2)n1)c1ccccc1. The van der Waals surface area contributed by atoms with Crippen molar-refractivity contribution in [2.24, 2.45) is 0 Å². The summed E-state index contributed by atoms with van der Waals surface area (Å²) in [6, 6.07) is 20.6. The Morgan fingerprint density at radius 2 is 1.55 bits per heavy atom. The molecule has 20 heavy (non-hydrogen) atoms. The molecule has 2 aromatic carbocycles. The molecule has 0 aliphatic rings. The molecule has 0 aliphatic heterocycles. The molecule has 1 N–H and O–H groups in total. The van der Waals surface area contributed by atoms with Crippen LogP contribution in [-0.4, -0.2) is 15.7 Å². The number of carbonyl (C=O) groups is 1. The molecule has 0 bridgehead atoms. The third kappa shape index (κ3) is 2.59. The number of carbonyl (C=O) groups excluding carboxylic acids is 1. The van der Waals surface area contributed by atoms with Gasteiger partial charge in [0.15, 0.2) is 5.82 Å². The van der Waals surface area contributed by atoms with Crippen LogP contribution in [0.3, 0.4) is 0 Å². The number of nitrogens with zero attached hydrogens (tertiary/aromatic N) is 2. The van der Waals surface area contributed by atoms with Crippen molar-refractivity contribution in [2.75, 3.05) is 5.32 Å². The molecule has 0 atom stereocenters. The normalized spacial score (nSPS) is 10.2. The highest BCUT2D eigenvalue weighted by Gasteiger charge is 2.07. The molecular weight excluding hydrogens is 250 g/mol. The van der Waals surface area contributed by atoms with Crippen molar-refractivity contribution in [3.8, 4) is 5.69 Å².